The van der Waals surface area contributed by atoms with Crippen molar-refractivity contribution in [3.8, 4) is 5.75 Å². The number of aliphatic hydroxyl groups is 1. The molecule has 2 saturated heterocycles. The van der Waals surface area contributed by atoms with Crippen molar-refractivity contribution in [2.24, 2.45) is 0 Å². The molecule has 1 aromatic rings. The first-order chi connectivity index (χ1) is 13.2. The molecule has 5 N–H and O–H groups in total. The van der Waals surface area contributed by atoms with Crippen LogP contribution >= 0.6 is 0 Å². The molecule has 4 atom stereocenters. The third-order valence-corrected chi connectivity index (χ3v) is 5.11. The topological polar surface area (TPSA) is 104 Å². The third kappa shape index (κ3) is 5.80. The van der Waals surface area contributed by atoms with Gasteiger partial charge in [0.05, 0.1) is 13.2 Å². The van der Waals surface area contributed by atoms with Crippen LogP contribution < -0.4 is 26.0 Å². The van der Waals surface area contributed by atoms with Crippen molar-refractivity contribution in [3.63, 3.8) is 0 Å². The molecule has 0 aromatic heterocycles. The van der Waals surface area contributed by atoms with Crippen LogP contribution in [0, 0.1) is 0 Å². The van der Waals surface area contributed by atoms with E-state index in [1.165, 1.54) is 0 Å². The number of benzene rings is 1. The predicted molar refractivity (Wildman–Crippen MR) is 102 cm³/mol. The molecule has 0 aliphatic carbocycles. The number of rotatable bonds is 8. The number of amides is 1. The summed E-state index contributed by atoms with van der Waals surface area (Å²) >= 11 is 0. The van der Waals surface area contributed by atoms with Gasteiger partial charge in [-0.15, -0.1) is 0 Å². The van der Waals surface area contributed by atoms with E-state index < -0.39 is 18.3 Å². The van der Waals surface area contributed by atoms with Gasteiger partial charge in [-0.3, -0.25) is 0 Å². The fraction of sp³-hybridized carbons (Fsp3) is 0.632. The first-order valence-corrected chi connectivity index (χ1v) is 9.58. The van der Waals surface area contributed by atoms with E-state index in [4.69, 9.17) is 9.47 Å². The summed E-state index contributed by atoms with van der Waals surface area (Å²) in [6, 6.07) is 8.10. The number of hydrogen-bond acceptors (Lipinski definition) is 7. The van der Waals surface area contributed by atoms with Crippen LogP contribution in [0.15, 0.2) is 24.3 Å². The molecule has 0 unspecified atom stereocenters. The molecular formula is C19H30N4O4. The second kappa shape index (κ2) is 9.89. The second-order valence-electron chi connectivity index (χ2n) is 7.07. The van der Waals surface area contributed by atoms with Gasteiger partial charge in [-0.25, -0.2) is 4.79 Å². The van der Waals surface area contributed by atoms with Crippen LogP contribution in [0.5, 0.6) is 5.75 Å². The molecule has 2 aliphatic heterocycles. The number of ether oxygens (including phenoxy) is 2. The highest BCUT2D eigenvalue weighted by Crippen LogP contribution is 2.19. The Morgan fingerprint density at radius 1 is 1.26 bits per heavy atom. The zero-order chi connectivity index (χ0) is 19.1. The average Bonchev–Trinajstić information content (AvgIpc) is 3.31. The summed E-state index contributed by atoms with van der Waals surface area (Å²) in [5.41, 5.74) is 1.09. The van der Waals surface area contributed by atoms with Crippen molar-refractivity contribution in [1.82, 2.24) is 21.3 Å². The zero-order valence-corrected chi connectivity index (χ0v) is 15.7. The molecule has 8 nitrogen and oxygen atoms in total. The summed E-state index contributed by atoms with van der Waals surface area (Å²) in [6.07, 6.45) is 0.00161. The normalized spacial score (nSPS) is 27.5. The highest BCUT2D eigenvalue weighted by molar-refractivity contribution is 5.67. The number of alkyl carbamates (subject to hydrolysis) is 1. The van der Waals surface area contributed by atoms with Gasteiger partial charge in [-0.05, 0) is 37.1 Å². The molecule has 1 amide bonds. The number of methoxy groups -OCH3 is 1. The lowest BCUT2D eigenvalue weighted by Crippen LogP contribution is -2.43. The summed E-state index contributed by atoms with van der Waals surface area (Å²) in [5, 5.41) is 22.8. The minimum absolute atomic E-state index is 0.123. The van der Waals surface area contributed by atoms with Crippen molar-refractivity contribution in [1.29, 1.82) is 0 Å². The van der Waals surface area contributed by atoms with E-state index in [0.29, 0.717) is 32.1 Å². The molecular weight excluding hydrogens is 348 g/mol. The summed E-state index contributed by atoms with van der Waals surface area (Å²) in [5.74, 6) is 0.798. The number of β-amino-alcohol motifs (C(OH)–C–C–N with tert-alkyl or cyclic N) is 1. The van der Waals surface area contributed by atoms with Crippen LogP contribution in [0.2, 0.25) is 0 Å². The molecule has 2 fully saturated rings. The van der Waals surface area contributed by atoms with E-state index in [2.05, 4.69) is 21.3 Å². The molecule has 0 spiro atoms. The SMILES string of the molecule is COc1ccc(C[C@H]2NC[C@H](O)[C@H]2OC(=O)NCCN[C@@H]2CCNC2)cc1. The molecule has 0 radical (unpaired) electrons. The van der Waals surface area contributed by atoms with E-state index >= 15 is 0 Å². The largest absolute Gasteiger partial charge is 0.497 e. The maximum Gasteiger partial charge on any atom is 0.407 e. The molecule has 3 rings (SSSR count). The lowest BCUT2D eigenvalue weighted by atomic mass is 10.0. The van der Waals surface area contributed by atoms with Gasteiger partial charge in [0.2, 0.25) is 0 Å². The maximum atomic E-state index is 12.1. The van der Waals surface area contributed by atoms with Crippen LogP contribution in [0.3, 0.4) is 0 Å². The fourth-order valence-corrected chi connectivity index (χ4v) is 3.57. The van der Waals surface area contributed by atoms with Crippen molar-refractivity contribution in [3.05, 3.63) is 29.8 Å². The van der Waals surface area contributed by atoms with Gasteiger partial charge in [-0.1, -0.05) is 12.1 Å². The van der Waals surface area contributed by atoms with Crippen LogP contribution in [0.25, 0.3) is 0 Å². The second-order valence-corrected chi connectivity index (χ2v) is 7.07. The van der Waals surface area contributed by atoms with E-state index in [1.54, 1.807) is 7.11 Å². The van der Waals surface area contributed by atoms with Gasteiger partial charge < -0.3 is 35.8 Å². The molecule has 8 heteroatoms. The highest BCUT2D eigenvalue weighted by Gasteiger charge is 2.37. The molecule has 27 heavy (non-hydrogen) atoms. The van der Waals surface area contributed by atoms with Gasteiger partial charge in [0.25, 0.3) is 0 Å². The Kier molecular flexibility index (Phi) is 7.28. The van der Waals surface area contributed by atoms with Crippen LogP contribution in [0.1, 0.15) is 12.0 Å². The minimum atomic E-state index is -0.707. The van der Waals surface area contributed by atoms with Gasteiger partial charge >= 0.3 is 6.09 Å². The summed E-state index contributed by atoms with van der Waals surface area (Å²) < 4.78 is 10.7. The Morgan fingerprint density at radius 2 is 2.07 bits per heavy atom. The number of nitrogens with one attached hydrogen (secondary N) is 4. The molecule has 0 saturated carbocycles. The van der Waals surface area contributed by atoms with E-state index in [0.717, 1.165) is 30.8 Å². The maximum absolute atomic E-state index is 12.1. The average molecular weight is 378 g/mol. The Bertz CT molecular complexity index is 592. The minimum Gasteiger partial charge on any atom is -0.497 e. The lowest BCUT2D eigenvalue weighted by Gasteiger charge is -2.22. The number of aliphatic hydroxyl groups excluding tert-OH is 1. The van der Waals surface area contributed by atoms with Crippen molar-refractivity contribution in [2.45, 2.75) is 37.1 Å². The van der Waals surface area contributed by atoms with Crippen LogP contribution in [0.4, 0.5) is 4.79 Å². The third-order valence-electron chi connectivity index (χ3n) is 5.11. The number of carbonyl (C=O) groups excluding carboxylic acids is 1. The number of carbonyl (C=O) groups is 1. The van der Waals surface area contributed by atoms with Crippen LogP contribution in [-0.2, 0) is 11.2 Å². The van der Waals surface area contributed by atoms with E-state index in [9.17, 15) is 9.90 Å². The molecule has 2 heterocycles. The predicted octanol–water partition coefficient (Wildman–Crippen LogP) is -0.383. The molecule has 2 aliphatic rings. The highest BCUT2D eigenvalue weighted by atomic mass is 16.6. The van der Waals surface area contributed by atoms with Crippen molar-refractivity contribution < 1.29 is 19.4 Å². The molecule has 1 aromatic carbocycles. The molecule has 150 valence electrons. The van der Waals surface area contributed by atoms with Gasteiger partial charge in [-0.2, -0.15) is 0 Å². The Hall–Kier alpha value is -1.87. The summed E-state index contributed by atoms with van der Waals surface area (Å²) in [6.45, 7) is 3.61. The monoisotopic (exact) mass is 378 g/mol. The van der Waals surface area contributed by atoms with E-state index in [1.807, 2.05) is 24.3 Å². The lowest BCUT2D eigenvalue weighted by molar-refractivity contribution is 0.0190. The van der Waals surface area contributed by atoms with Gasteiger partial charge in [0.15, 0.2) is 0 Å². The Morgan fingerprint density at radius 3 is 2.78 bits per heavy atom. The van der Waals surface area contributed by atoms with Gasteiger partial charge in [0.1, 0.15) is 18.0 Å². The Balaban J connectivity index is 1.42. The smallest absolute Gasteiger partial charge is 0.407 e. The van der Waals surface area contributed by atoms with Crippen LogP contribution in [-0.4, -0.2) is 75.3 Å². The first kappa shape index (κ1) is 19.9. The van der Waals surface area contributed by atoms with Gasteiger partial charge in [0, 0.05) is 32.2 Å². The van der Waals surface area contributed by atoms with Crippen molar-refractivity contribution in [2.75, 3.05) is 39.8 Å². The van der Waals surface area contributed by atoms with Crippen molar-refractivity contribution >= 4 is 6.09 Å². The molecule has 0 bridgehead atoms. The fourth-order valence-electron chi connectivity index (χ4n) is 3.57. The first-order valence-electron chi connectivity index (χ1n) is 9.58. The summed E-state index contributed by atoms with van der Waals surface area (Å²) in [7, 11) is 1.63. The quantitative estimate of drug-likeness (QED) is 0.393. The standard InChI is InChI=1S/C19H30N4O4/c1-26-15-4-2-13(3-5-15)10-16-18(17(24)12-23-16)27-19(25)22-9-8-21-14-6-7-20-11-14/h2-5,14,16-18,20-21,23-24H,6-12H2,1H3,(H,22,25)/t14-,16-,17+,18+/m1/s1. The number of hydrogen-bond donors (Lipinski definition) is 5. The van der Waals surface area contributed by atoms with E-state index in [-0.39, 0.29) is 6.04 Å². The zero-order valence-electron chi connectivity index (χ0n) is 15.7. The Labute approximate surface area is 160 Å². The summed E-state index contributed by atoms with van der Waals surface area (Å²) in [4.78, 5) is 12.1.